The van der Waals surface area contributed by atoms with Gasteiger partial charge in [0, 0.05) is 42.2 Å². The molecule has 2 N–H and O–H groups in total. The van der Waals surface area contributed by atoms with E-state index >= 15 is 4.39 Å². The zero-order chi connectivity index (χ0) is 32.0. The highest BCUT2D eigenvalue weighted by atomic mass is 19.1. The van der Waals surface area contributed by atoms with E-state index in [1.54, 1.807) is 29.9 Å². The van der Waals surface area contributed by atoms with Gasteiger partial charge in [-0.3, -0.25) is 19.0 Å². The molecule has 0 radical (unpaired) electrons. The molecule has 0 saturated heterocycles. The van der Waals surface area contributed by atoms with Gasteiger partial charge in [0.15, 0.2) is 0 Å². The number of carbonyl (C=O) groups is 2. The average molecular weight is 613 g/mol. The Kier molecular flexibility index (Phi) is 8.82. The molecule has 0 fully saturated rings. The third-order valence-corrected chi connectivity index (χ3v) is 7.93. The van der Waals surface area contributed by atoms with E-state index in [1.807, 2.05) is 104 Å². The summed E-state index contributed by atoms with van der Waals surface area (Å²) in [6.07, 6.45) is 3.35. The minimum Gasteiger partial charge on any atom is -0.338 e. The van der Waals surface area contributed by atoms with E-state index in [4.69, 9.17) is 0 Å². The Balaban J connectivity index is 1.30. The molecular formula is C37H33FN6O2. The summed E-state index contributed by atoms with van der Waals surface area (Å²) in [6.45, 7) is 2.40. The Labute approximate surface area is 266 Å². The number of hydrogen-bond donors (Lipinski definition) is 2. The van der Waals surface area contributed by atoms with Gasteiger partial charge >= 0.3 is 0 Å². The van der Waals surface area contributed by atoms with Crippen molar-refractivity contribution in [2.75, 3.05) is 5.32 Å². The molecule has 6 rings (SSSR count). The normalized spacial score (nSPS) is 11.7. The molecule has 1 atom stereocenters. The lowest BCUT2D eigenvalue weighted by atomic mass is 9.84. The number of hydrogen-bond acceptors (Lipinski definition) is 4. The molecule has 2 aromatic heterocycles. The van der Waals surface area contributed by atoms with Gasteiger partial charge in [0.2, 0.25) is 5.91 Å². The summed E-state index contributed by atoms with van der Waals surface area (Å²) in [7, 11) is 1.66. The zero-order valence-electron chi connectivity index (χ0n) is 25.5. The van der Waals surface area contributed by atoms with Crippen LogP contribution in [0.2, 0.25) is 0 Å². The van der Waals surface area contributed by atoms with Crippen LogP contribution in [0.4, 0.5) is 10.1 Å². The summed E-state index contributed by atoms with van der Waals surface area (Å²) in [5.74, 6) is -1.99. The Morgan fingerprint density at radius 2 is 1.46 bits per heavy atom. The van der Waals surface area contributed by atoms with E-state index in [9.17, 15) is 9.59 Å². The van der Waals surface area contributed by atoms with Crippen molar-refractivity contribution < 1.29 is 14.0 Å². The van der Waals surface area contributed by atoms with Gasteiger partial charge in [0.05, 0.1) is 12.2 Å². The summed E-state index contributed by atoms with van der Waals surface area (Å²) in [6, 6.07) is 34.1. The third-order valence-electron chi connectivity index (χ3n) is 7.93. The number of nitrogens with one attached hydrogen (secondary N) is 2. The topological polar surface area (TPSA) is 93.8 Å². The maximum absolute atomic E-state index is 15.7. The van der Waals surface area contributed by atoms with Gasteiger partial charge in [-0.1, -0.05) is 91.0 Å². The van der Waals surface area contributed by atoms with Crippen molar-refractivity contribution in [2.24, 2.45) is 7.05 Å². The number of carbonyl (C=O) groups excluding carboxylic acids is 2. The molecule has 0 unspecified atom stereocenters. The van der Waals surface area contributed by atoms with Gasteiger partial charge in [-0.05, 0) is 47.9 Å². The third kappa shape index (κ3) is 6.63. The molecule has 0 aliphatic carbocycles. The van der Waals surface area contributed by atoms with Crippen LogP contribution in [0.3, 0.4) is 0 Å². The number of nitrogens with zero attached hydrogens (tertiary/aromatic N) is 4. The molecule has 0 bridgehead atoms. The molecule has 4 aromatic carbocycles. The van der Waals surface area contributed by atoms with Crippen LogP contribution < -0.4 is 10.6 Å². The molecule has 0 saturated carbocycles. The van der Waals surface area contributed by atoms with E-state index in [2.05, 4.69) is 20.8 Å². The van der Waals surface area contributed by atoms with Crippen LogP contribution in [0, 0.1) is 12.7 Å². The van der Waals surface area contributed by atoms with Crippen molar-refractivity contribution in [3.8, 4) is 11.1 Å². The fraction of sp³-hybridized carbons (Fsp3) is 0.135. The number of aromatic nitrogens is 4. The SMILES string of the molecule is Cc1nn(Cc2ccccc2)cc1-c1ccc(NC(=O)[C@@H](NC(=O)c2ccnn2C)C(c2ccccc2)c2ccccc2)cc1F. The van der Waals surface area contributed by atoms with Crippen molar-refractivity contribution in [1.29, 1.82) is 0 Å². The van der Waals surface area contributed by atoms with Crippen LogP contribution in [-0.2, 0) is 18.4 Å². The lowest BCUT2D eigenvalue weighted by Crippen LogP contribution is -2.48. The zero-order valence-corrected chi connectivity index (χ0v) is 25.5. The summed E-state index contributed by atoms with van der Waals surface area (Å²) < 4.78 is 18.9. The predicted octanol–water partition coefficient (Wildman–Crippen LogP) is 6.35. The molecular weight excluding hydrogens is 579 g/mol. The molecule has 0 aliphatic heterocycles. The summed E-state index contributed by atoms with van der Waals surface area (Å²) in [4.78, 5) is 27.5. The van der Waals surface area contributed by atoms with Crippen LogP contribution >= 0.6 is 0 Å². The molecule has 8 nitrogen and oxygen atoms in total. The van der Waals surface area contributed by atoms with E-state index in [-0.39, 0.29) is 5.69 Å². The molecule has 9 heteroatoms. The average Bonchev–Trinajstić information content (AvgIpc) is 3.66. The van der Waals surface area contributed by atoms with E-state index < -0.39 is 29.6 Å². The van der Waals surface area contributed by atoms with Crippen molar-refractivity contribution in [2.45, 2.75) is 25.4 Å². The van der Waals surface area contributed by atoms with Gasteiger partial charge in [0.1, 0.15) is 17.6 Å². The molecule has 46 heavy (non-hydrogen) atoms. The number of anilines is 1. The highest BCUT2D eigenvalue weighted by molar-refractivity contribution is 6.01. The second-order valence-corrected chi connectivity index (χ2v) is 11.1. The first-order valence-electron chi connectivity index (χ1n) is 14.9. The number of halogens is 1. The second kappa shape index (κ2) is 13.4. The molecule has 0 spiro atoms. The largest absolute Gasteiger partial charge is 0.338 e. The van der Waals surface area contributed by atoms with Crippen molar-refractivity contribution >= 4 is 17.5 Å². The maximum Gasteiger partial charge on any atom is 0.270 e. The minimum atomic E-state index is -1.05. The first kappa shape index (κ1) is 30.2. The summed E-state index contributed by atoms with van der Waals surface area (Å²) in [5.41, 5.74) is 5.06. The van der Waals surface area contributed by atoms with Crippen molar-refractivity contribution in [3.05, 3.63) is 162 Å². The van der Waals surface area contributed by atoms with Crippen LogP contribution in [0.1, 0.15) is 38.8 Å². The number of rotatable bonds is 10. The van der Waals surface area contributed by atoms with Gasteiger partial charge in [-0.15, -0.1) is 0 Å². The van der Waals surface area contributed by atoms with Crippen molar-refractivity contribution in [1.82, 2.24) is 24.9 Å². The Morgan fingerprint density at radius 3 is 2.04 bits per heavy atom. The van der Waals surface area contributed by atoms with Crippen LogP contribution in [0.5, 0.6) is 0 Å². The van der Waals surface area contributed by atoms with E-state index in [1.165, 1.54) is 16.9 Å². The number of amides is 2. The van der Waals surface area contributed by atoms with Crippen LogP contribution in [0.25, 0.3) is 11.1 Å². The predicted molar refractivity (Wildman–Crippen MR) is 176 cm³/mol. The maximum atomic E-state index is 15.7. The van der Waals surface area contributed by atoms with E-state index in [0.717, 1.165) is 16.7 Å². The van der Waals surface area contributed by atoms with Gasteiger partial charge < -0.3 is 10.6 Å². The molecule has 230 valence electrons. The van der Waals surface area contributed by atoms with Gasteiger partial charge in [-0.2, -0.15) is 10.2 Å². The van der Waals surface area contributed by atoms with Crippen LogP contribution in [-0.4, -0.2) is 37.4 Å². The fourth-order valence-corrected chi connectivity index (χ4v) is 5.68. The second-order valence-electron chi connectivity index (χ2n) is 11.1. The number of aryl methyl sites for hydroxylation is 2. The fourth-order valence-electron chi connectivity index (χ4n) is 5.68. The molecule has 6 aromatic rings. The Hall–Kier alpha value is -5.83. The summed E-state index contributed by atoms with van der Waals surface area (Å²) in [5, 5.41) is 14.5. The van der Waals surface area contributed by atoms with Gasteiger partial charge in [-0.25, -0.2) is 4.39 Å². The lowest BCUT2D eigenvalue weighted by molar-refractivity contribution is -0.118. The highest BCUT2D eigenvalue weighted by Gasteiger charge is 2.33. The first-order chi connectivity index (χ1) is 22.4. The monoisotopic (exact) mass is 612 g/mol. The Morgan fingerprint density at radius 1 is 0.826 bits per heavy atom. The quantitative estimate of drug-likeness (QED) is 0.189. The molecule has 2 heterocycles. The smallest absolute Gasteiger partial charge is 0.270 e. The summed E-state index contributed by atoms with van der Waals surface area (Å²) >= 11 is 0. The lowest BCUT2D eigenvalue weighted by Gasteiger charge is -2.28. The first-order valence-corrected chi connectivity index (χ1v) is 14.9. The van der Waals surface area contributed by atoms with E-state index in [0.29, 0.717) is 29.1 Å². The van der Waals surface area contributed by atoms with Crippen LogP contribution in [0.15, 0.2) is 128 Å². The minimum absolute atomic E-state index is 0.264. The highest BCUT2D eigenvalue weighted by Crippen LogP contribution is 2.31. The Bertz CT molecular complexity index is 1910. The van der Waals surface area contributed by atoms with Crippen molar-refractivity contribution in [3.63, 3.8) is 0 Å². The standard InChI is InChI=1S/C37H33FN6O2/c1-25-31(24-44(42-25)23-26-12-6-3-7-13-26)30-19-18-29(22-32(30)38)40-37(46)35(41-36(45)33-20-21-39-43(33)2)34(27-14-8-4-9-15-27)28-16-10-5-11-17-28/h3-22,24,34-35H,23H2,1-2H3,(H,40,46)(H,41,45)/t35-/m0/s1. The molecule has 2 amide bonds. The number of benzene rings is 4. The molecule has 0 aliphatic rings. The van der Waals surface area contributed by atoms with Gasteiger partial charge in [0.25, 0.3) is 5.91 Å².